The minimum atomic E-state index is -4.23. The van der Waals surface area contributed by atoms with E-state index >= 15 is 0 Å². The molecule has 0 heterocycles. The van der Waals surface area contributed by atoms with Crippen molar-refractivity contribution in [3.63, 3.8) is 0 Å². The van der Waals surface area contributed by atoms with E-state index in [0.29, 0.717) is 17.3 Å². The first-order valence-electron chi connectivity index (χ1n) is 14.8. The lowest BCUT2D eigenvalue weighted by atomic mass is 10.0. The molecule has 2 amide bonds. The number of anilines is 1. The topological polar surface area (TPSA) is 96.0 Å². The molecule has 0 aliphatic carbocycles. The molecule has 0 bridgehead atoms. The number of hydrogen-bond donors (Lipinski definition) is 1. The number of carbonyl (C=O) groups excluding carboxylic acids is 2. The van der Waals surface area contributed by atoms with Crippen LogP contribution in [0, 0.1) is 0 Å². The minimum absolute atomic E-state index is 0.0150. The van der Waals surface area contributed by atoms with E-state index in [1.807, 2.05) is 67.6 Å². The Morgan fingerprint density at radius 2 is 1.44 bits per heavy atom. The lowest BCUT2D eigenvalue weighted by Gasteiger charge is -2.34. The van der Waals surface area contributed by atoms with E-state index in [2.05, 4.69) is 5.32 Å². The maximum atomic E-state index is 14.4. The van der Waals surface area contributed by atoms with E-state index in [-0.39, 0.29) is 29.5 Å². The molecular formula is C35H38ClN3O5S. The number of methoxy groups -OCH3 is 1. The fraction of sp³-hybridized carbons (Fsp3) is 0.257. The molecule has 0 fully saturated rings. The van der Waals surface area contributed by atoms with Gasteiger partial charge in [-0.2, -0.15) is 0 Å². The maximum absolute atomic E-state index is 14.4. The van der Waals surface area contributed by atoms with Crippen LogP contribution in [0.3, 0.4) is 0 Å². The second-order valence-corrected chi connectivity index (χ2v) is 12.8. The normalized spacial score (nSPS) is 11.8. The first-order valence-corrected chi connectivity index (χ1v) is 16.6. The average Bonchev–Trinajstić information content (AvgIpc) is 3.06. The maximum Gasteiger partial charge on any atom is 0.264 e. The molecule has 1 atom stereocenters. The Kier molecular flexibility index (Phi) is 12.0. The summed E-state index contributed by atoms with van der Waals surface area (Å²) >= 11 is 6.13. The number of benzene rings is 4. The highest BCUT2D eigenvalue weighted by Crippen LogP contribution is 2.27. The van der Waals surface area contributed by atoms with Crippen molar-refractivity contribution in [2.24, 2.45) is 0 Å². The number of halogens is 1. The second kappa shape index (κ2) is 16.1. The minimum Gasteiger partial charge on any atom is -0.497 e. The van der Waals surface area contributed by atoms with Gasteiger partial charge in [-0.05, 0) is 66.1 Å². The van der Waals surface area contributed by atoms with Crippen LogP contribution in [0.25, 0.3) is 0 Å². The van der Waals surface area contributed by atoms with E-state index in [9.17, 15) is 18.0 Å². The van der Waals surface area contributed by atoms with Crippen LogP contribution in [0.15, 0.2) is 114 Å². The van der Waals surface area contributed by atoms with E-state index in [0.717, 1.165) is 28.3 Å². The highest BCUT2D eigenvalue weighted by Gasteiger charge is 2.34. The SMILES string of the molecule is CCCCNC(=O)[C@H](Cc1ccccc1)N(Cc1ccccc1)C(=O)CN(c1ccc(Cl)cc1)S(=O)(=O)c1ccc(OC)cc1. The Balaban J connectivity index is 1.77. The van der Waals surface area contributed by atoms with Crippen LogP contribution < -0.4 is 14.4 Å². The number of carbonyl (C=O) groups is 2. The van der Waals surface area contributed by atoms with Crippen LogP contribution in [0.1, 0.15) is 30.9 Å². The van der Waals surface area contributed by atoms with Gasteiger partial charge in [0.25, 0.3) is 10.0 Å². The Morgan fingerprint density at radius 3 is 2.02 bits per heavy atom. The molecule has 236 valence electrons. The summed E-state index contributed by atoms with van der Waals surface area (Å²) in [6, 6.07) is 30.1. The smallest absolute Gasteiger partial charge is 0.264 e. The molecule has 0 aliphatic heterocycles. The molecule has 4 aromatic rings. The molecule has 1 N–H and O–H groups in total. The van der Waals surface area contributed by atoms with Crippen molar-refractivity contribution in [2.45, 2.75) is 43.7 Å². The van der Waals surface area contributed by atoms with E-state index in [1.165, 1.54) is 24.1 Å². The van der Waals surface area contributed by atoms with E-state index in [1.54, 1.807) is 36.4 Å². The van der Waals surface area contributed by atoms with Crippen LogP contribution in [0.2, 0.25) is 5.02 Å². The van der Waals surface area contributed by atoms with Gasteiger partial charge < -0.3 is 15.0 Å². The van der Waals surface area contributed by atoms with Crippen molar-refractivity contribution in [3.8, 4) is 5.75 Å². The molecule has 4 rings (SSSR count). The molecular weight excluding hydrogens is 610 g/mol. The number of unbranched alkanes of at least 4 members (excludes halogenated alkanes) is 1. The molecule has 0 radical (unpaired) electrons. The van der Waals surface area contributed by atoms with Gasteiger partial charge in [-0.1, -0.05) is 85.6 Å². The quantitative estimate of drug-likeness (QED) is 0.157. The van der Waals surface area contributed by atoms with Gasteiger partial charge in [0.15, 0.2) is 0 Å². The molecule has 0 spiro atoms. The van der Waals surface area contributed by atoms with Crippen molar-refractivity contribution >= 4 is 39.1 Å². The predicted octanol–water partition coefficient (Wildman–Crippen LogP) is 6.10. The lowest BCUT2D eigenvalue weighted by molar-refractivity contribution is -0.140. The summed E-state index contributed by atoms with van der Waals surface area (Å²) in [6.07, 6.45) is 1.94. The van der Waals surface area contributed by atoms with Gasteiger partial charge in [-0.3, -0.25) is 13.9 Å². The van der Waals surface area contributed by atoms with Crippen LogP contribution >= 0.6 is 11.6 Å². The fourth-order valence-corrected chi connectivity index (χ4v) is 6.39. The molecule has 0 aromatic heterocycles. The monoisotopic (exact) mass is 647 g/mol. The van der Waals surface area contributed by atoms with Crippen molar-refractivity contribution in [1.82, 2.24) is 10.2 Å². The standard InChI is InChI=1S/C35H38ClN3O5S/c1-3-4-23-37-35(41)33(24-27-11-7-5-8-12-27)38(25-28-13-9-6-10-14-28)34(40)26-39(30-17-15-29(36)16-18-30)45(42,43)32-21-19-31(44-2)20-22-32/h5-22,33H,3-4,23-26H2,1-2H3,(H,37,41)/t33-/m0/s1. The number of amides is 2. The van der Waals surface area contributed by atoms with Gasteiger partial charge in [0.05, 0.1) is 17.7 Å². The van der Waals surface area contributed by atoms with Gasteiger partial charge in [-0.25, -0.2) is 8.42 Å². The number of sulfonamides is 1. The molecule has 0 saturated carbocycles. The zero-order valence-electron chi connectivity index (χ0n) is 25.4. The van der Waals surface area contributed by atoms with Crippen LogP contribution in [-0.4, -0.2) is 51.4 Å². The zero-order chi connectivity index (χ0) is 32.2. The number of ether oxygens (including phenoxy) is 1. The number of rotatable bonds is 15. The van der Waals surface area contributed by atoms with Gasteiger partial charge in [0.2, 0.25) is 11.8 Å². The van der Waals surface area contributed by atoms with Crippen molar-refractivity contribution in [3.05, 3.63) is 125 Å². The predicted molar refractivity (Wildman–Crippen MR) is 178 cm³/mol. The molecule has 0 unspecified atom stereocenters. The first kappa shape index (κ1) is 33.6. The number of hydrogen-bond acceptors (Lipinski definition) is 5. The summed E-state index contributed by atoms with van der Waals surface area (Å²) < 4.78 is 34.5. The Bertz CT molecular complexity index is 1630. The number of nitrogens with zero attached hydrogens (tertiary/aromatic N) is 2. The van der Waals surface area contributed by atoms with Crippen LogP contribution in [0.4, 0.5) is 5.69 Å². The molecule has 8 nitrogen and oxygen atoms in total. The average molecular weight is 648 g/mol. The summed E-state index contributed by atoms with van der Waals surface area (Å²) in [4.78, 5) is 29.7. The highest BCUT2D eigenvalue weighted by molar-refractivity contribution is 7.92. The van der Waals surface area contributed by atoms with E-state index in [4.69, 9.17) is 16.3 Å². The summed E-state index contributed by atoms with van der Waals surface area (Å²) in [5, 5.41) is 3.41. The third kappa shape index (κ3) is 9.09. The van der Waals surface area contributed by atoms with Crippen LogP contribution in [-0.2, 0) is 32.6 Å². The Labute approximate surface area is 270 Å². The Morgan fingerprint density at radius 1 is 0.844 bits per heavy atom. The molecule has 10 heteroatoms. The van der Waals surface area contributed by atoms with Crippen LogP contribution in [0.5, 0.6) is 5.75 Å². The molecule has 4 aromatic carbocycles. The summed E-state index contributed by atoms with van der Waals surface area (Å²) in [5.41, 5.74) is 1.94. The molecule has 0 aliphatic rings. The zero-order valence-corrected chi connectivity index (χ0v) is 27.0. The second-order valence-electron chi connectivity index (χ2n) is 10.5. The third-order valence-electron chi connectivity index (χ3n) is 7.34. The van der Waals surface area contributed by atoms with Gasteiger partial charge >= 0.3 is 0 Å². The van der Waals surface area contributed by atoms with Gasteiger partial charge in [-0.15, -0.1) is 0 Å². The molecule has 45 heavy (non-hydrogen) atoms. The summed E-state index contributed by atoms with van der Waals surface area (Å²) in [7, 11) is -2.74. The summed E-state index contributed by atoms with van der Waals surface area (Å²) in [5.74, 6) is -0.333. The van der Waals surface area contributed by atoms with Gasteiger partial charge in [0, 0.05) is 24.5 Å². The summed E-state index contributed by atoms with van der Waals surface area (Å²) in [6.45, 7) is 2.07. The van der Waals surface area contributed by atoms with E-state index < -0.39 is 28.5 Å². The fourth-order valence-electron chi connectivity index (χ4n) is 4.85. The van der Waals surface area contributed by atoms with Crippen molar-refractivity contribution in [1.29, 1.82) is 0 Å². The Hall–Kier alpha value is -4.34. The molecule has 0 saturated heterocycles. The van der Waals surface area contributed by atoms with Crippen molar-refractivity contribution in [2.75, 3.05) is 24.5 Å². The number of nitrogens with one attached hydrogen (secondary N) is 1. The van der Waals surface area contributed by atoms with Crippen molar-refractivity contribution < 1.29 is 22.7 Å². The van der Waals surface area contributed by atoms with Gasteiger partial charge in [0.1, 0.15) is 18.3 Å². The highest BCUT2D eigenvalue weighted by atomic mass is 35.5. The largest absolute Gasteiger partial charge is 0.497 e. The first-order chi connectivity index (χ1) is 21.7. The lowest BCUT2D eigenvalue weighted by Crippen LogP contribution is -2.53. The third-order valence-corrected chi connectivity index (χ3v) is 9.38.